The van der Waals surface area contributed by atoms with E-state index in [-0.39, 0.29) is 0 Å². The fourth-order valence-corrected chi connectivity index (χ4v) is 2.67. The fourth-order valence-electron chi connectivity index (χ4n) is 1.87. The van der Waals surface area contributed by atoms with Crippen LogP contribution >= 0.6 is 11.8 Å². The molecular weight excluding hydrogens is 340 g/mol. The summed E-state index contributed by atoms with van der Waals surface area (Å²) in [5.41, 5.74) is 2.28. The van der Waals surface area contributed by atoms with E-state index in [1.54, 1.807) is 11.8 Å². The first-order valence-electron chi connectivity index (χ1n) is 6.51. The maximum atomic E-state index is 8.49. The number of thioether (sulfide) groups is 1. The maximum Gasteiger partial charge on any atom is 0.366 e. The van der Waals surface area contributed by atoms with Crippen LogP contribution in [0.4, 0.5) is 0 Å². The summed E-state index contributed by atoms with van der Waals surface area (Å²) in [5.74, 6) is 2.85. The molecule has 0 aromatic heterocycles. The molecule has 0 spiro atoms. The molecule has 0 atom stereocenters. The van der Waals surface area contributed by atoms with Crippen LogP contribution in [0.5, 0.6) is 0 Å². The van der Waals surface area contributed by atoms with Crippen molar-refractivity contribution in [3.8, 4) is 0 Å². The lowest BCUT2D eigenvalue weighted by Gasteiger charge is -2.17. The molecule has 7 heteroatoms. The molecule has 0 unspecified atom stereocenters. The number of hydrogen-bond acceptors (Lipinski definition) is 5. The van der Waals surface area contributed by atoms with Crippen LogP contribution in [0.15, 0.2) is 66.1 Å². The van der Waals surface area contributed by atoms with Gasteiger partial charge in [0.05, 0.1) is 16.5 Å². The third-order valence-corrected chi connectivity index (χ3v) is 3.60. The van der Waals surface area contributed by atoms with Crippen molar-refractivity contribution in [2.24, 2.45) is 0 Å². The predicted molar refractivity (Wildman–Crippen MR) is 77.6 cm³/mol. The van der Waals surface area contributed by atoms with Crippen LogP contribution in [0.3, 0.4) is 0 Å². The minimum Gasteiger partial charge on any atom is -0.222 e. The first-order chi connectivity index (χ1) is 10.9. The van der Waals surface area contributed by atoms with Gasteiger partial charge < -0.3 is 0 Å². The van der Waals surface area contributed by atoms with E-state index in [0.29, 0.717) is 0 Å². The predicted octanol–water partition coefficient (Wildman–Crippen LogP) is -0.606. The molecule has 0 amide bonds. The van der Waals surface area contributed by atoms with Gasteiger partial charge in [0.2, 0.25) is 0 Å². The van der Waals surface area contributed by atoms with Crippen molar-refractivity contribution in [1.82, 2.24) is 0 Å². The summed E-state index contributed by atoms with van der Waals surface area (Å²) in [7, 11) is -4.94. The minimum atomic E-state index is -4.94. The van der Waals surface area contributed by atoms with Gasteiger partial charge in [-0.1, -0.05) is 36.4 Å². The largest absolute Gasteiger partial charge is 0.366 e. The summed E-state index contributed by atoms with van der Waals surface area (Å²) in [4.78, 5) is 0. The first kappa shape index (κ1) is 17.7. The van der Waals surface area contributed by atoms with Gasteiger partial charge in [-0.25, -0.2) is 23.1 Å². The van der Waals surface area contributed by atoms with E-state index in [9.17, 15) is 0 Å². The molecule has 1 heterocycles. The maximum absolute atomic E-state index is 8.49. The summed E-state index contributed by atoms with van der Waals surface area (Å²) < 4.78 is 40.0. The number of rotatable bonds is 2. The zero-order chi connectivity index (χ0) is 16.7. The van der Waals surface area contributed by atoms with E-state index in [2.05, 4.69) is 29.7 Å². The lowest BCUT2D eigenvalue weighted by atomic mass is 10.1. The Morgan fingerprint density at radius 2 is 1.26 bits per heavy atom. The molecule has 5 nitrogen and oxygen atoms in total. The summed E-state index contributed by atoms with van der Waals surface area (Å²) in [5, 5.41) is 2.09. The molecule has 0 N–H and O–H groups in total. The van der Waals surface area contributed by atoms with E-state index in [1.807, 2.05) is 36.4 Å². The van der Waals surface area contributed by atoms with Gasteiger partial charge in [-0.2, -0.15) is 0 Å². The smallest absolute Gasteiger partial charge is 0.222 e. The van der Waals surface area contributed by atoms with Crippen molar-refractivity contribution in [2.45, 2.75) is 0 Å². The Morgan fingerprint density at radius 3 is 1.78 bits per heavy atom. The highest BCUT2D eigenvalue weighted by atomic mass is 35.7. The standard InChI is InChI=1S/C16H13OS.ClHO4/c1-3-7-13(8-4-1)15-11-18-12-16(17-15)14-9-5-2-6-10-14;2-1(3,4)5/h1-11H,12H2;(H,2,3,4,5)/q+1;/p-1. The van der Waals surface area contributed by atoms with E-state index in [4.69, 9.17) is 23.1 Å². The minimum absolute atomic E-state index is 0.889. The number of carbonyl (C=O) groups excluding carboxylic acids is 1. The molecule has 23 heavy (non-hydrogen) atoms. The molecule has 0 fully saturated rings. The van der Waals surface area contributed by atoms with E-state index in [0.717, 1.165) is 28.4 Å². The summed E-state index contributed by atoms with van der Waals surface area (Å²) in [6, 6.07) is 20.5. The lowest BCUT2D eigenvalue weighted by Crippen LogP contribution is -2.68. The highest BCUT2D eigenvalue weighted by molar-refractivity contribution is 8.03. The summed E-state index contributed by atoms with van der Waals surface area (Å²) >= 11 is 1.78. The van der Waals surface area contributed by atoms with Crippen LogP contribution in [-0.2, 0) is 0 Å². The van der Waals surface area contributed by atoms with Gasteiger partial charge in [0.1, 0.15) is 5.75 Å². The van der Waals surface area contributed by atoms with Gasteiger partial charge in [-0.15, -0.1) is 22.0 Å². The van der Waals surface area contributed by atoms with Crippen LogP contribution in [0.25, 0.3) is 5.76 Å². The molecule has 0 radical (unpaired) electrons. The Morgan fingerprint density at radius 1 is 0.783 bits per heavy atom. The molecule has 120 valence electrons. The molecule has 1 aliphatic rings. The molecule has 0 aliphatic carbocycles. The van der Waals surface area contributed by atoms with Crippen molar-refractivity contribution >= 4 is 23.3 Å². The van der Waals surface area contributed by atoms with E-state index >= 15 is 0 Å². The van der Waals surface area contributed by atoms with Crippen molar-refractivity contribution < 1.29 is 33.3 Å². The summed E-state index contributed by atoms with van der Waals surface area (Å²) in [6.45, 7) is 0. The number of ketones is 1. The topological polar surface area (TPSA) is 104 Å². The van der Waals surface area contributed by atoms with Crippen molar-refractivity contribution in [1.29, 1.82) is 0 Å². The molecular formula is C16H13ClO5S. The molecule has 3 rings (SSSR count). The Bertz CT molecular complexity index is 675. The first-order valence-corrected chi connectivity index (χ1v) is 8.80. The molecule has 0 bridgehead atoms. The molecule has 0 saturated carbocycles. The second-order valence-electron chi connectivity index (χ2n) is 4.43. The average Bonchev–Trinajstić information content (AvgIpc) is 2.55. The van der Waals surface area contributed by atoms with Crippen LogP contribution in [0.2, 0.25) is 0 Å². The van der Waals surface area contributed by atoms with Crippen molar-refractivity contribution in [2.75, 3.05) is 5.75 Å². The number of halogens is 1. The van der Waals surface area contributed by atoms with Gasteiger partial charge in [0, 0.05) is 0 Å². The van der Waals surface area contributed by atoms with Crippen LogP contribution in [0, 0.1) is 10.2 Å². The Hall–Kier alpha value is -1.67. The monoisotopic (exact) mass is 352 g/mol. The molecule has 1 aliphatic heterocycles. The quantitative estimate of drug-likeness (QED) is 0.671. The molecule has 0 saturated heterocycles. The Balaban J connectivity index is 0.000000338. The normalized spacial score (nSPS) is 14.3. The van der Waals surface area contributed by atoms with Gasteiger partial charge >= 0.3 is 11.5 Å². The third-order valence-electron chi connectivity index (χ3n) is 2.79. The van der Waals surface area contributed by atoms with Crippen LogP contribution in [0.1, 0.15) is 15.6 Å². The number of hydrogen-bond donors (Lipinski definition) is 0. The van der Waals surface area contributed by atoms with Crippen molar-refractivity contribution in [3.63, 3.8) is 0 Å². The van der Waals surface area contributed by atoms with E-state index < -0.39 is 10.2 Å². The second-order valence-corrected chi connectivity index (χ2v) is 6.04. The highest BCUT2D eigenvalue weighted by Gasteiger charge is 2.24. The Labute approximate surface area is 140 Å². The molecule has 2 aromatic carbocycles. The molecule has 2 aromatic rings. The zero-order valence-electron chi connectivity index (χ0n) is 11.9. The average molecular weight is 353 g/mol. The summed E-state index contributed by atoms with van der Waals surface area (Å²) in [6.07, 6.45) is 0. The Kier molecular flexibility index (Phi) is 6.35. The lowest BCUT2D eigenvalue weighted by molar-refractivity contribution is -2.00. The van der Waals surface area contributed by atoms with Crippen LogP contribution < -0.4 is 18.6 Å². The van der Waals surface area contributed by atoms with Gasteiger partial charge in [0.25, 0.3) is 0 Å². The van der Waals surface area contributed by atoms with E-state index in [1.165, 1.54) is 0 Å². The van der Waals surface area contributed by atoms with Gasteiger partial charge in [-0.05, 0) is 24.3 Å². The number of benzene rings is 2. The fraction of sp³-hybridized carbons (Fsp3) is 0.0625. The second kappa shape index (κ2) is 8.26. The highest BCUT2D eigenvalue weighted by Crippen LogP contribution is 2.25. The van der Waals surface area contributed by atoms with Crippen molar-refractivity contribution in [3.05, 3.63) is 77.2 Å². The SMILES string of the molecule is C1=C(c2ccccc2)[O+]=C(c2ccccc2)CS1.[O-][Cl+3]([O-])([O-])[O-]. The van der Waals surface area contributed by atoms with Crippen LogP contribution in [-0.4, -0.2) is 11.5 Å². The zero-order valence-corrected chi connectivity index (χ0v) is 13.5. The van der Waals surface area contributed by atoms with Gasteiger partial charge in [-0.3, -0.25) is 0 Å². The van der Waals surface area contributed by atoms with Gasteiger partial charge in [0.15, 0.2) is 0 Å². The third kappa shape index (κ3) is 6.54.